The fourth-order valence-electron chi connectivity index (χ4n) is 1.96. The van der Waals surface area contributed by atoms with E-state index in [1.807, 2.05) is 6.07 Å². The van der Waals surface area contributed by atoms with Gasteiger partial charge in [-0.1, -0.05) is 25.5 Å². The predicted octanol–water partition coefficient (Wildman–Crippen LogP) is 2.22. The molecule has 0 unspecified atom stereocenters. The van der Waals surface area contributed by atoms with Gasteiger partial charge in [0.25, 0.3) is 0 Å². The van der Waals surface area contributed by atoms with E-state index in [9.17, 15) is 4.39 Å². The van der Waals surface area contributed by atoms with Gasteiger partial charge in [0.1, 0.15) is 5.82 Å². The molecule has 0 bridgehead atoms. The molecule has 0 saturated heterocycles. The van der Waals surface area contributed by atoms with Crippen LogP contribution in [0.15, 0.2) is 29.3 Å². The van der Waals surface area contributed by atoms with Crippen molar-refractivity contribution in [3.63, 3.8) is 0 Å². The molecule has 2 N–H and O–H groups in total. The van der Waals surface area contributed by atoms with Crippen LogP contribution in [0.2, 0.25) is 0 Å². The highest BCUT2D eigenvalue weighted by molar-refractivity contribution is 5.79. The maximum atomic E-state index is 13.1. The Morgan fingerprint density at radius 2 is 2.10 bits per heavy atom. The third-order valence-electron chi connectivity index (χ3n) is 3.25. The summed E-state index contributed by atoms with van der Waals surface area (Å²) in [6, 6.07) is 6.58. The molecule has 5 heteroatoms. The summed E-state index contributed by atoms with van der Waals surface area (Å²) in [6.45, 7) is 5.69. The normalized spacial score (nSPS) is 11.8. The highest BCUT2D eigenvalue weighted by Crippen LogP contribution is 2.02. The lowest BCUT2D eigenvalue weighted by Crippen LogP contribution is -2.40. The first kappa shape index (κ1) is 17.4. The van der Waals surface area contributed by atoms with Crippen LogP contribution in [0.1, 0.15) is 25.3 Å². The molecule has 118 valence electrons. The van der Waals surface area contributed by atoms with Crippen LogP contribution in [-0.2, 0) is 6.54 Å². The lowest BCUT2D eigenvalue weighted by molar-refractivity contribution is 0.332. The molecule has 0 radical (unpaired) electrons. The van der Waals surface area contributed by atoms with Gasteiger partial charge in [-0.15, -0.1) is 0 Å². The van der Waals surface area contributed by atoms with Gasteiger partial charge >= 0.3 is 0 Å². The number of aliphatic imine (C=N–C) groups is 1. The number of benzene rings is 1. The topological polar surface area (TPSA) is 39.7 Å². The zero-order valence-electron chi connectivity index (χ0n) is 13.3. The fraction of sp³-hybridized carbons (Fsp3) is 0.562. The van der Waals surface area contributed by atoms with Crippen molar-refractivity contribution in [2.24, 2.45) is 4.99 Å². The van der Waals surface area contributed by atoms with Gasteiger partial charge in [-0.3, -0.25) is 4.99 Å². The summed E-state index contributed by atoms with van der Waals surface area (Å²) in [5, 5.41) is 6.45. The van der Waals surface area contributed by atoms with Crippen molar-refractivity contribution in [3.8, 4) is 0 Å². The summed E-state index contributed by atoms with van der Waals surface area (Å²) in [4.78, 5) is 6.47. The molecule has 1 rings (SSSR count). The van der Waals surface area contributed by atoms with Crippen LogP contribution in [-0.4, -0.2) is 44.6 Å². The Balaban J connectivity index is 2.26. The molecule has 0 heterocycles. The molecule has 0 saturated carbocycles. The van der Waals surface area contributed by atoms with E-state index in [2.05, 4.69) is 34.5 Å². The van der Waals surface area contributed by atoms with Gasteiger partial charge in [-0.2, -0.15) is 0 Å². The second-order valence-electron chi connectivity index (χ2n) is 5.14. The smallest absolute Gasteiger partial charge is 0.191 e. The summed E-state index contributed by atoms with van der Waals surface area (Å²) in [5.74, 6) is 0.526. The first-order valence-corrected chi connectivity index (χ1v) is 7.53. The van der Waals surface area contributed by atoms with E-state index in [1.165, 1.54) is 25.0 Å². The lowest BCUT2D eigenvalue weighted by atomic mass is 10.2. The van der Waals surface area contributed by atoms with Gasteiger partial charge in [0.2, 0.25) is 0 Å². The first-order chi connectivity index (χ1) is 10.2. The summed E-state index contributed by atoms with van der Waals surface area (Å²) in [7, 11) is 3.86. The molecule has 0 aliphatic carbocycles. The lowest BCUT2D eigenvalue weighted by Gasteiger charge is -2.18. The van der Waals surface area contributed by atoms with Crippen LogP contribution in [0, 0.1) is 5.82 Å². The number of likely N-dealkylation sites (N-methyl/N-ethyl adjacent to an activating group) is 1. The Kier molecular flexibility index (Phi) is 8.43. The first-order valence-electron chi connectivity index (χ1n) is 7.53. The van der Waals surface area contributed by atoms with Gasteiger partial charge in [-0.25, -0.2) is 4.39 Å². The average Bonchev–Trinajstić information content (AvgIpc) is 2.48. The molecule has 0 spiro atoms. The number of nitrogens with zero attached hydrogens (tertiary/aromatic N) is 2. The van der Waals surface area contributed by atoms with Crippen LogP contribution in [0.5, 0.6) is 0 Å². The summed E-state index contributed by atoms with van der Waals surface area (Å²) in [6.07, 6.45) is 2.44. The Hall–Kier alpha value is -1.62. The molecule has 0 amide bonds. The number of guanidine groups is 1. The van der Waals surface area contributed by atoms with Gasteiger partial charge in [-0.05, 0) is 37.7 Å². The van der Waals surface area contributed by atoms with E-state index in [4.69, 9.17) is 0 Å². The minimum atomic E-state index is -0.213. The average molecular weight is 294 g/mol. The van der Waals surface area contributed by atoms with Crippen molar-refractivity contribution in [3.05, 3.63) is 35.6 Å². The molecule has 1 aromatic carbocycles. The van der Waals surface area contributed by atoms with E-state index in [0.29, 0.717) is 6.54 Å². The maximum absolute atomic E-state index is 13.1. The fourth-order valence-corrected chi connectivity index (χ4v) is 1.96. The molecular weight excluding hydrogens is 267 g/mol. The van der Waals surface area contributed by atoms with Crippen LogP contribution in [0.3, 0.4) is 0 Å². The second kappa shape index (κ2) is 10.2. The van der Waals surface area contributed by atoms with E-state index in [0.717, 1.165) is 31.2 Å². The van der Waals surface area contributed by atoms with Crippen molar-refractivity contribution in [1.29, 1.82) is 0 Å². The standard InChI is InChI=1S/C16H27FN4/c1-4-5-10-21(3)11-9-19-16(18-2)20-13-14-7-6-8-15(17)12-14/h6-8,12H,4-5,9-11,13H2,1-3H3,(H2,18,19,20). The number of halogens is 1. The van der Waals surface area contributed by atoms with Crippen molar-refractivity contribution in [1.82, 2.24) is 15.5 Å². The van der Waals surface area contributed by atoms with Gasteiger partial charge < -0.3 is 15.5 Å². The zero-order chi connectivity index (χ0) is 15.5. The van der Waals surface area contributed by atoms with Gasteiger partial charge in [0, 0.05) is 26.7 Å². The Morgan fingerprint density at radius 3 is 2.76 bits per heavy atom. The molecule has 0 aliphatic heterocycles. The van der Waals surface area contributed by atoms with Gasteiger partial charge in [0.05, 0.1) is 0 Å². The summed E-state index contributed by atoms with van der Waals surface area (Å²) in [5.41, 5.74) is 0.901. The Labute approximate surface area is 127 Å². The minimum Gasteiger partial charge on any atom is -0.355 e. The third kappa shape index (κ3) is 7.66. The molecule has 0 atom stereocenters. The molecule has 0 aromatic heterocycles. The maximum Gasteiger partial charge on any atom is 0.191 e. The number of nitrogens with one attached hydrogen (secondary N) is 2. The van der Waals surface area contributed by atoms with E-state index in [1.54, 1.807) is 13.1 Å². The third-order valence-corrected chi connectivity index (χ3v) is 3.25. The molecule has 21 heavy (non-hydrogen) atoms. The van der Waals surface area contributed by atoms with E-state index >= 15 is 0 Å². The van der Waals surface area contributed by atoms with Crippen LogP contribution in [0.4, 0.5) is 4.39 Å². The van der Waals surface area contributed by atoms with Crippen molar-refractivity contribution >= 4 is 5.96 Å². The Bertz CT molecular complexity index is 434. The highest BCUT2D eigenvalue weighted by Gasteiger charge is 2.01. The number of hydrogen-bond acceptors (Lipinski definition) is 2. The highest BCUT2D eigenvalue weighted by atomic mass is 19.1. The predicted molar refractivity (Wildman–Crippen MR) is 87.0 cm³/mol. The van der Waals surface area contributed by atoms with Crippen LogP contribution < -0.4 is 10.6 Å². The second-order valence-corrected chi connectivity index (χ2v) is 5.14. The monoisotopic (exact) mass is 294 g/mol. The quantitative estimate of drug-likeness (QED) is 0.570. The number of rotatable bonds is 8. The molecule has 0 fully saturated rings. The molecule has 0 aliphatic rings. The molecular formula is C16H27FN4. The zero-order valence-corrected chi connectivity index (χ0v) is 13.3. The number of unbranched alkanes of at least 4 members (excludes halogenated alkanes) is 1. The SMILES string of the molecule is CCCCN(C)CCNC(=NC)NCc1cccc(F)c1. The van der Waals surface area contributed by atoms with Crippen molar-refractivity contribution < 1.29 is 4.39 Å². The van der Waals surface area contributed by atoms with E-state index in [-0.39, 0.29) is 5.82 Å². The molecule has 4 nitrogen and oxygen atoms in total. The molecule has 1 aromatic rings. The summed E-state index contributed by atoms with van der Waals surface area (Å²) < 4.78 is 13.1. The minimum absolute atomic E-state index is 0.213. The van der Waals surface area contributed by atoms with Crippen LogP contribution in [0.25, 0.3) is 0 Å². The van der Waals surface area contributed by atoms with Crippen LogP contribution >= 0.6 is 0 Å². The Morgan fingerprint density at radius 1 is 1.29 bits per heavy atom. The number of hydrogen-bond donors (Lipinski definition) is 2. The summed E-state index contributed by atoms with van der Waals surface area (Å²) >= 11 is 0. The van der Waals surface area contributed by atoms with E-state index < -0.39 is 0 Å². The van der Waals surface area contributed by atoms with Crippen molar-refractivity contribution in [2.75, 3.05) is 33.7 Å². The van der Waals surface area contributed by atoms with Crippen molar-refractivity contribution in [2.45, 2.75) is 26.3 Å². The van der Waals surface area contributed by atoms with Gasteiger partial charge in [0.15, 0.2) is 5.96 Å². The largest absolute Gasteiger partial charge is 0.355 e.